The number of carbonyl (C=O) groups excluding carboxylic acids is 1. The van der Waals surface area contributed by atoms with E-state index < -0.39 is 0 Å². The highest BCUT2D eigenvalue weighted by Crippen LogP contribution is 2.15. The third kappa shape index (κ3) is 4.48. The Kier molecular flexibility index (Phi) is 4.68. The van der Waals surface area contributed by atoms with E-state index in [4.69, 9.17) is 0 Å². The van der Waals surface area contributed by atoms with E-state index in [1.807, 2.05) is 30.3 Å². The van der Waals surface area contributed by atoms with Crippen LogP contribution in [0.15, 0.2) is 53.0 Å². The summed E-state index contributed by atoms with van der Waals surface area (Å²) in [6.45, 7) is 0.234. The van der Waals surface area contributed by atoms with Crippen molar-refractivity contribution in [1.29, 1.82) is 0 Å². The lowest BCUT2D eigenvalue weighted by atomic mass is 10.1. The van der Waals surface area contributed by atoms with E-state index in [1.165, 1.54) is 12.1 Å². The lowest BCUT2D eigenvalue weighted by Crippen LogP contribution is -2.16. The summed E-state index contributed by atoms with van der Waals surface area (Å²) >= 11 is 3.21. The number of hydrogen-bond donors (Lipinski definition) is 1. The number of para-hydroxylation sites is 1. The van der Waals surface area contributed by atoms with Crippen molar-refractivity contribution < 1.29 is 9.18 Å². The fourth-order valence-electron chi connectivity index (χ4n) is 1.76. The number of ketones is 1. The van der Waals surface area contributed by atoms with E-state index in [1.54, 1.807) is 6.07 Å². The molecular formula is C15H13BrFNO. The van der Waals surface area contributed by atoms with Crippen molar-refractivity contribution in [3.05, 3.63) is 64.4 Å². The minimum Gasteiger partial charge on any atom is -0.378 e. The first-order valence-electron chi connectivity index (χ1n) is 5.89. The first-order chi connectivity index (χ1) is 9.13. The fraction of sp³-hybridized carbons (Fsp3) is 0.133. The second kappa shape index (κ2) is 6.48. The molecule has 2 nitrogen and oxygen atoms in total. The normalized spacial score (nSPS) is 10.2. The lowest BCUT2D eigenvalue weighted by Gasteiger charge is -2.06. The molecule has 2 rings (SSSR count). The van der Waals surface area contributed by atoms with Gasteiger partial charge in [0.05, 0.1) is 6.54 Å². The topological polar surface area (TPSA) is 29.1 Å². The smallest absolute Gasteiger partial charge is 0.156 e. The molecule has 0 spiro atoms. The molecule has 1 N–H and O–H groups in total. The molecule has 0 aliphatic heterocycles. The highest BCUT2D eigenvalue weighted by Gasteiger charge is 2.06. The molecule has 0 aromatic heterocycles. The minimum absolute atomic E-state index is 0.0151. The number of hydrogen-bond acceptors (Lipinski definition) is 2. The Morgan fingerprint density at radius 3 is 2.58 bits per heavy atom. The molecule has 0 saturated carbocycles. The van der Waals surface area contributed by atoms with Gasteiger partial charge in [-0.2, -0.15) is 0 Å². The number of anilines is 1. The molecule has 0 saturated heterocycles. The Labute approximate surface area is 119 Å². The summed E-state index contributed by atoms with van der Waals surface area (Å²) in [5.41, 5.74) is 1.57. The maximum absolute atomic E-state index is 13.2. The van der Waals surface area contributed by atoms with Crippen LogP contribution in [0, 0.1) is 5.82 Å². The van der Waals surface area contributed by atoms with Crippen LogP contribution in [0.4, 0.5) is 10.1 Å². The van der Waals surface area contributed by atoms with Gasteiger partial charge in [0.25, 0.3) is 0 Å². The van der Waals surface area contributed by atoms with Gasteiger partial charge in [0.1, 0.15) is 5.82 Å². The van der Waals surface area contributed by atoms with Gasteiger partial charge in [-0.1, -0.05) is 34.1 Å². The summed E-state index contributed by atoms with van der Waals surface area (Å²) in [5.74, 6) is -0.324. The van der Waals surface area contributed by atoms with Crippen LogP contribution in [0.1, 0.15) is 5.56 Å². The van der Waals surface area contributed by atoms with Gasteiger partial charge in [-0.05, 0) is 35.9 Å². The molecule has 0 radical (unpaired) electrons. The van der Waals surface area contributed by atoms with Crippen molar-refractivity contribution in [2.75, 3.05) is 11.9 Å². The first kappa shape index (κ1) is 13.7. The van der Waals surface area contributed by atoms with Crippen LogP contribution in [0.3, 0.4) is 0 Å². The average molecular weight is 322 g/mol. The number of rotatable bonds is 5. The molecule has 2 aromatic carbocycles. The number of Topliss-reactive ketones (excluding diaryl/α,β-unsaturated/α-hetero) is 1. The van der Waals surface area contributed by atoms with Crippen molar-refractivity contribution in [2.45, 2.75) is 6.42 Å². The van der Waals surface area contributed by atoms with Gasteiger partial charge in [-0.3, -0.25) is 4.79 Å². The zero-order chi connectivity index (χ0) is 13.7. The van der Waals surface area contributed by atoms with E-state index in [2.05, 4.69) is 21.2 Å². The highest BCUT2D eigenvalue weighted by atomic mass is 79.9. The van der Waals surface area contributed by atoms with Crippen LogP contribution in [0.5, 0.6) is 0 Å². The van der Waals surface area contributed by atoms with Gasteiger partial charge in [0.2, 0.25) is 0 Å². The number of nitrogens with one attached hydrogen (secondary N) is 1. The molecule has 0 aliphatic rings. The van der Waals surface area contributed by atoms with Crippen LogP contribution in [-0.2, 0) is 11.2 Å². The molecule has 0 atom stereocenters. The Hall–Kier alpha value is -1.68. The monoisotopic (exact) mass is 321 g/mol. The fourth-order valence-corrected chi connectivity index (χ4v) is 2.27. The molecule has 0 aliphatic carbocycles. The summed E-state index contributed by atoms with van der Waals surface area (Å²) in [6.07, 6.45) is 0.218. The van der Waals surface area contributed by atoms with Crippen LogP contribution in [-0.4, -0.2) is 12.3 Å². The highest BCUT2D eigenvalue weighted by molar-refractivity contribution is 9.10. The third-order valence-corrected chi connectivity index (χ3v) is 3.04. The van der Waals surface area contributed by atoms with Gasteiger partial charge >= 0.3 is 0 Å². The molecule has 98 valence electrons. The summed E-state index contributed by atoms with van der Waals surface area (Å²) in [7, 11) is 0. The Morgan fingerprint density at radius 1 is 1.16 bits per heavy atom. The SMILES string of the molecule is O=C(CNc1ccccc1)Cc1cc(F)cc(Br)c1. The van der Waals surface area contributed by atoms with Gasteiger partial charge < -0.3 is 5.32 Å². The molecule has 19 heavy (non-hydrogen) atoms. The van der Waals surface area contributed by atoms with Gasteiger partial charge in [-0.15, -0.1) is 0 Å². The summed E-state index contributed by atoms with van der Waals surface area (Å²) in [6, 6.07) is 14.0. The maximum Gasteiger partial charge on any atom is 0.156 e. The van der Waals surface area contributed by atoms with E-state index >= 15 is 0 Å². The number of halogens is 2. The largest absolute Gasteiger partial charge is 0.378 e. The average Bonchev–Trinajstić information content (AvgIpc) is 2.36. The Morgan fingerprint density at radius 2 is 1.89 bits per heavy atom. The minimum atomic E-state index is -0.340. The Balaban J connectivity index is 1.91. The molecule has 2 aromatic rings. The predicted octanol–water partition coefficient (Wildman–Crippen LogP) is 3.81. The molecule has 0 fully saturated rings. The first-order valence-corrected chi connectivity index (χ1v) is 6.68. The molecular weight excluding hydrogens is 309 g/mol. The van der Waals surface area contributed by atoms with E-state index in [0.29, 0.717) is 10.0 Å². The zero-order valence-corrected chi connectivity index (χ0v) is 11.8. The molecule has 4 heteroatoms. The van der Waals surface area contributed by atoms with Crippen molar-refractivity contribution in [3.63, 3.8) is 0 Å². The number of carbonyl (C=O) groups is 1. The van der Waals surface area contributed by atoms with E-state index in [9.17, 15) is 9.18 Å². The summed E-state index contributed by atoms with van der Waals surface area (Å²) in [5, 5.41) is 3.04. The van der Waals surface area contributed by atoms with E-state index in [0.717, 1.165) is 5.69 Å². The van der Waals surface area contributed by atoms with Gasteiger partial charge in [0, 0.05) is 16.6 Å². The van der Waals surface area contributed by atoms with Crippen LogP contribution in [0.2, 0.25) is 0 Å². The summed E-state index contributed by atoms with van der Waals surface area (Å²) < 4.78 is 13.8. The zero-order valence-electron chi connectivity index (χ0n) is 10.2. The van der Waals surface area contributed by atoms with Crippen molar-refractivity contribution in [2.24, 2.45) is 0 Å². The lowest BCUT2D eigenvalue weighted by molar-refractivity contribution is -0.116. The predicted molar refractivity (Wildman–Crippen MR) is 77.7 cm³/mol. The number of benzene rings is 2. The Bertz CT molecular complexity index is 551. The van der Waals surface area contributed by atoms with Gasteiger partial charge in [-0.25, -0.2) is 4.39 Å². The molecule has 0 heterocycles. The second-order valence-electron chi connectivity index (χ2n) is 4.21. The van der Waals surface area contributed by atoms with Crippen molar-refractivity contribution in [3.8, 4) is 0 Å². The molecule has 0 unspecified atom stereocenters. The van der Waals surface area contributed by atoms with Crippen LogP contribution < -0.4 is 5.32 Å². The standard InChI is InChI=1S/C15H13BrFNO/c16-12-6-11(7-13(17)9-12)8-15(19)10-18-14-4-2-1-3-5-14/h1-7,9,18H,8,10H2. The van der Waals surface area contributed by atoms with Gasteiger partial charge in [0.15, 0.2) is 5.78 Å². The van der Waals surface area contributed by atoms with E-state index in [-0.39, 0.29) is 24.6 Å². The third-order valence-electron chi connectivity index (χ3n) is 2.59. The second-order valence-corrected chi connectivity index (χ2v) is 5.13. The molecule has 0 bridgehead atoms. The van der Waals surface area contributed by atoms with Crippen molar-refractivity contribution in [1.82, 2.24) is 0 Å². The summed E-state index contributed by atoms with van der Waals surface area (Å²) in [4.78, 5) is 11.8. The maximum atomic E-state index is 13.2. The molecule has 0 amide bonds. The quantitative estimate of drug-likeness (QED) is 0.907. The van der Waals surface area contributed by atoms with Crippen LogP contribution >= 0.6 is 15.9 Å². The van der Waals surface area contributed by atoms with Crippen molar-refractivity contribution >= 4 is 27.4 Å². The van der Waals surface area contributed by atoms with Crippen LogP contribution in [0.25, 0.3) is 0 Å².